The van der Waals surface area contributed by atoms with Crippen molar-refractivity contribution in [3.63, 3.8) is 0 Å². The Balaban J connectivity index is 1.94. The van der Waals surface area contributed by atoms with Crippen molar-refractivity contribution >= 4 is 11.8 Å². The Morgan fingerprint density at radius 2 is 1.95 bits per heavy atom. The number of hydrogen-bond acceptors (Lipinski definition) is 3. The number of hydrogen-bond donors (Lipinski definition) is 0. The summed E-state index contributed by atoms with van der Waals surface area (Å²) in [6, 6.07) is 5.83. The van der Waals surface area contributed by atoms with Gasteiger partial charge in [-0.2, -0.15) is 0 Å². The third kappa shape index (κ3) is 4.20. The molecule has 2 rings (SSSR count). The van der Waals surface area contributed by atoms with Gasteiger partial charge in [-0.25, -0.2) is 4.98 Å². The summed E-state index contributed by atoms with van der Waals surface area (Å²) < 4.78 is 41.6. The van der Waals surface area contributed by atoms with E-state index in [0.717, 1.165) is 10.7 Å². The zero-order valence-electron chi connectivity index (χ0n) is 10.0. The van der Waals surface area contributed by atoms with Crippen LogP contribution in [-0.4, -0.2) is 15.9 Å². The fraction of sp³-hybridized carbons (Fsp3) is 0.250. The molecule has 102 valence electrons. The third-order valence-electron chi connectivity index (χ3n) is 2.30. The van der Waals surface area contributed by atoms with Crippen LogP contribution in [0.15, 0.2) is 41.8 Å². The maximum atomic E-state index is 12.0. The Kier molecular flexibility index (Phi) is 4.04. The highest BCUT2D eigenvalue weighted by Crippen LogP contribution is 2.25. The Hall–Kier alpha value is -1.63. The number of aromatic nitrogens is 2. The summed E-state index contributed by atoms with van der Waals surface area (Å²) >= 11 is 1.51. The zero-order valence-corrected chi connectivity index (χ0v) is 10.8. The summed E-state index contributed by atoms with van der Waals surface area (Å²) in [5, 5.41) is 0.857. The monoisotopic (exact) mass is 288 g/mol. The molecule has 0 spiro atoms. The van der Waals surface area contributed by atoms with Gasteiger partial charge in [0.1, 0.15) is 5.75 Å². The zero-order chi connectivity index (χ0) is 13.9. The molecule has 0 saturated heterocycles. The van der Waals surface area contributed by atoms with Crippen LogP contribution in [0.3, 0.4) is 0 Å². The molecule has 19 heavy (non-hydrogen) atoms. The summed E-state index contributed by atoms with van der Waals surface area (Å²) in [5.74, 6) is 0.426. The van der Waals surface area contributed by atoms with Crippen molar-refractivity contribution in [1.29, 1.82) is 0 Å². The van der Waals surface area contributed by atoms with Gasteiger partial charge in [0.15, 0.2) is 5.16 Å². The van der Waals surface area contributed by atoms with Crippen LogP contribution >= 0.6 is 11.8 Å². The van der Waals surface area contributed by atoms with Crippen molar-refractivity contribution in [2.45, 2.75) is 17.3 Å². The van der Waals surface area contributed by atoms with Crippen LogP contribution < -0.4 is 4.74 Å². The van der Waals surface area contributed by atoms with E-state index in [2.05, 4.69) is 9.72 Å². The lowest BCUT2D eigenvalue weighted by Crippen LogP contribution is -2.16. The van der Waals surface area contributed by atoms with Crippen LogP contribution in [0, 0.1) is 0 Å². The SMILES string of the molecule is Cn1ccnc1SCc1ccc(OC(F)(F)F)cc1. The van der Waals surface area contributed by atoms with Gasteiger partial charge in [0.25, 0.3) is 0 Å². The molecule has 0 unspecified atom stereocenters. The maximum absolute atomic E-state index is 12.0. The molecule has 0 fully saturated rings. The highest BCUT2D eigenvalue weighted by molar-refractivity contribution is 7.98. The Labute approximate surface area is 112 Å². The number of nitrogens with zero attached hydrogens (tertiary/aromatic N) is 2. The topological polar surface area (TPSA) is 27.1 Å². The van der Waals surface area contributed by atoms with E-state index in [1.165, 1.54) is 23.9 Å². The molecular weight excluding hydrogens is 277 g/mol. The van der Waals surface area contributed by atoms with Crippen molar-refractivity contribution in [2.75, 3.05) is 0 Å². The average Bonchev–Trinajstić information content (AvgIpc) is 2.72. The lowest BCUT2D eigenvalue weighted by molar-refractivity contribution is -0.274. The number of halogens is 3. The number of thioether (sulfide) groups is 1. The molecule has 0 radical (unpaired) electrons. The molecule has 0 saturated carbocycles. The van der Waals surface area contributed by atoms with E-state index in [1.807, 2.05) is 17.8 Å². The lowest BCUT2D eigenvalue weighted by atomic mass is 10.2. The molecule has 0 atom stereocenters. The highest BCUT2D eigenvalue weighted by Gasteiger charge is 2.30. The van der Waals surface area contributed by atoms with Gasteiger partial charge in [-0.15, -0.1) is 13.2 Å². The molecule has 0 aliphatic heterocycles. The minimum absolute atomic E-state index is 0.210. The van der Waals surface area contributed by atoms with E-state index in [-0.39, 0.29) is 5.75 Å². The first-order chi connectivity index (χ1) is 8.94. The van der Waals surface area contributed by atoms with E-state index in [4.69, 9.17) is 0 Å². The molecule has 0 aliphatic carbocycles. The smallest absolute Gasteiger partial charge is 0.406 e. The third-order valence-corrected chi connectivity index (χ3v) is 3.43. The van der Waals surface area contributed by atoms with Gasteiger partial charge in [0, 0.05) is 25.2 Å². The molecule has 3 nitrogen and oxygen atoms in total. The van der Waals surface area contributed by atoms with Crippen molar-refractivity contribution in [3.8, 4) is 5.75 Å². The molecule has 0 aliphatic rings. The molecule has 7 heteroatoms. The summed E-state index contributed by atoms with van der Waals surface area (Å²) in [4.78, 5) is 4.15. The van der Waals surface area contributed by atoms with Crippen molar-refractivity contribution < 1.29 is 17.9 Å². The van der Waals surface area contributed by atoms with Gasteiger partial charge in [0.2, 0.25) is 0 Å². The molecule has 1 aromatic heterocycles. The van der Waals surface area contributed by atoms with Gasteiger partial charge in [-0.05, 0) is 17.7 Å². The molecule has 0 amide bonds. The molecule has 0 N–H and O–H groups in total. The standard InChI is InChI=1S/C12H11F3N2OS/c1-17-7-6-16-11(17)19-8-9-2-4-10(5-3-9)18-12(13,14)15/h2-7H,8H2,1H3. The lowest BCUT2D eigenvalue weighted by Gasteiger charge is -2.09. The van der Waals surface area contributed by atoms with Crippen LogP contribution in [0.2, 0.25) is 0 Å². The minimum atomic E-state index is -4.65. The predicted octanol–water partition coefficient (Wildman–Crippen LogP) is 3.61. The normalized spacial score (nSPS) is 11.6. The van der Waals surface area contributed by atoms with Crippen molar-refractivity contribution in [3.05, 3.63) is 42.2 Å². The van der Waals surface area contributed by atoms with Crippen LogP contribution in [0.5, 0.6) is 5.75 Å². The van der Waals surface area contributed by atoms with E-state index >= 15 is 0 Å². The Morgan fingerprint density at radius 3 is 2.47 bits per heavy atom. The second kappa shape index (κ2) is 5.56. The van der Waals surface area contributed by atoms with Crippen LogP contribution in [-0.2, 0) is 12.8 Å². The number of benzene rings is 1. The van der Waals surface area contributed by atoms with Gasteiger partial charge in [-0.3, -0.25) is 0 Å². The first-order valence-electron chi connectivity index (χ1n) is 5.39. The van der Waals surface area contributed by atoms with Crippen LogP contribution in [0.1, 0.15) is 5.56 Å². The first-order valence-corrected chi connectivity index (χ1v) is 6.37. The molecule has 1 heterocycles. The van der Waals surface area contributed by atoms with Crippen molar-refractivity contribution in [2.24, 2.45) is 7.05 Å². The van der Waals surface area contributed by atoms with Gasteiger partial charge in [0.05, 0.1) is 0 Å². The van der Waals surface area contributed by atoms with Gasteiger partial charge in [-0.1, -0.05) is 23.9 Å². The summed E-state index contributed by atoms with van der Waals surface area (Å²) in [6.07, 6.45) is -1.12. The predicted molar refractivity (Wildman–Crippen MR) is 65.9 cm³/mol. The summed E-state index contributed by atoms with van der Waals surface area (Å²) in [6.45, 7) is 0. The van der Waals surface area contributed by atoms with Crippen molar-refractivity contribution in [1.82, 2.24) is 9.55 Å². The molecular formula is C12H11F3N2OS. The Morgan fingerprint density at radius 1 is 1.26 bits per heavy atom. The van der Waals surface area contributed by atoms with E-state index in [0.29, 0.717) is 5.75 Å². The van der Waals surface area contributed by atoms with Crippen LogP contribution in [0.25, 0.3) is 0 Å². The average molecular weight is 288 g/mol. The number of ether oxygens (including phenoxy) is 1. The molecule has 0 bridgehead atoms. The fourth-order valence-corrected chi connectivity index (χ4v) is 2.31. The number of alkyl halides is 3. The van der Waals surface area contributed by atoms with E-state index < -0.39 is 6.36 Å². The van der Waals surface area contributed by atoms with E-state index in [1.54, 1.807) is 18.3 Å². The largest absolute Gasteiger partial charge is 0.573 e. The second-order valence-corrected chi connectivity index (χ2v) is 4.74. The summed E-state index contributed by atoms with van der Waals surface area (Å²) in [7, 11) is 1.88. The highest BCUT2D eigenvalue weighted by atomic mass is 32.2. The summed E-state index contributed by atoms with van der Waals surface area (Å²) in [5.41, 5.74) is 0.905. The number of imidazole rings is 1. The maximum Gasteiger partial charge on any atom is 0.573 e. The first kappa shape index (κ1) is 13.8. The second-order valence-electron chi connectivity index (χ2n) is 3.80. The molecule has 2 aromatic rings. The minimum Gasteiger partial charge on any atom is -0.406 e. The number of rotatable bonds is 4. The molecule has 1 aromatic carbocycles. The fourth-order valence-electron chi connectivity index (χ4n) is 1.43. The van der Waals surface area contributed by atoms with Gasteiger partial charge >= 0.3 is 6.36 Å². The quantitative estimate of drug-likeness (QED) is 0.804. The number of aryl methyl sites for hydroxylation is 1. The Bertz CT molecular complexity index is 537. The van der Waals surface area contributed by atoms with E-state index in [9.17, 15) is 13.2 Å². The van der Waals surface area contributed by atoms with Gasteiger partial charge < -0.3 is 9.30 Å². The van der Waals surface area contributed by atoms with Crippen LogP contribution in [0.4, 0.5) is 13.2 Å².